The van der Waals surface area contributed by atoms with Crippen LogP contribution in [0.25, 0.3) is 0 Å². The number of rotatable bonds is 9. The van der Waals surface area contributed by atoms with Gasteiger partial charge in [-0.15, -0.1) is 24.0 Å². The summed E-state index contributed by atoms with van der Waals surface area (Å²) >= 11 is 0. The van der Waals surface area contributed by atoms with Gasteiger partial charge in [0.25, 0.3) is 0 Å². The van der Waals surface area contributed by atoms with E-state index in [1.165, 1.54) is 0 Å². The van der Waals surface area contributed by atoms with E-state index in [0.717, 1.165) is 51.5 Å². The summed E-state index contributed by atoms with van der Waals surface area (Å²) in [6.07, 6.45) is 3.68. The monoisotopic (exact) mass is 457 g/mol. The highest BCUT2D eigenvalue weighted by Crippen LogP contribution is 2.20. The lowest BCUT2D eigenvalue weighted by molar-refractivity contribution is 0.0167. The maximum absolute atomic E-state index is 5.65. The van der Waals surface area contributed by atoms with Crippen molar-refractivity contribution in [2.45, 2.75) is 52.2 Å². The summed E-state index contributed by atoms with van der Waals surface area (Å²) in [5.41, 5.74) is 0.0940. The molecule has 0 amide bonds. The Bertz CT molecular complexity index is 342. The van der Waals surface area contributed by atoms with Gasteiger partial charge < -0.3 is 24.8 Å². The van der Waals surface area contributed by atoms with Gasteiger partial charge in [-0.3, -0.25) is 4.99 Å². The van der Waals surface area contributed by atoms with Gasteiger partial charge in [-0.2, -0.15) is 0 Å². The minimum Gasteiger partial charge on any atom is -0.379 e. The quantitative estimate of drug-likeness (QED) is 0.241. The first-order chi connectivity index (χ1) is 11.0. The van der Waals surface area contributed by atoms with Gasteiger partial charge in [0.05, 0.1) is 18.8 Å². The highest BCUT2D eigenvalue weighted by atomic mass is 127. The van der Waals surface area contributed by atoms with Gasteiger partial charge in [0.2, 0.25) is 0 Å². The molecule has 2 atom stereocenters. The van der Waals surface area contributed by atoms with Crippen molar-refractivity contribution in [1.82, 2.24) is 10.6 Å². The van der Waals surface area contributed by atoms with Crippen LogP contribution in [-0.2, 0) is 14.2 Å². The first kappa shape index (κ1) is 23.9. The third-order valence-corrected chi connectivity index (χ3v) is 4.01. The largest absolute Gasteiger partial charge is 0.379 e. The van der Waals surface area contributed by atoms with Crippen LogP contribution in [0, 0.1) is 5.41 Å². The van der Waals surface area contributed by atoms with Crippen molar-refractivity contribution in [2.24, 2.45) is 10.4 Å². The number of halogens is 1. The van der Waals surface area contributed by atoms with Crippen molar-refractivity contribution in [1.29, 1.82) is 0 Å². The van der Waals surface area contributed by atoms with E-state index in [1.54, 1.807) is 14.2 Å². The first-order valence-corrected chi connectivity index (χ1v) is 8.64. The zero-order chi connectivity index (χ0) is 17.1. The van der Waals surface area contributed by atoms with E-state index in [0.29, 0.717) is 12.7 Å². The number of ether oxygens (including phenoxy) is 3. The molecule has 6 nitrogen and oxygen atoms in total. The zero-order valence-corrected chi connectivity index (χ0v) is 18.2. The molecule has 7 heteroatoms. The Balaban J connectivity index is 0.00000529. The molecule has 24 heavy (non-hydrogen) atoms. The molecule has 0 radical (unpaired) electrons. The van der Waals surface area contributed by atoms with Gasteiger partial charge in [-0.25, -0.2) is 0 Å². The van der Waals surface area contributed by atoms with Crippen LogP contribution >= 0.6 is 24.0 Å². The van der Waals surface area contributed by atoms with Crippen LogP contribution in [0.2, 0.25) is 0 Å². The van der Waals surface area contributed by atoms with E-state index in [2.05, 4.69) is 36.4 Å². The summed E-state index contributed by atoms with van der Waals surface area (Å²) in [7, 11) is 3.53. The van der Waals surface area contributed by atoms with E-state index in [9.17, 15) is 0 Å². The fraction of sp³-hybridized carbons (Fsp3) is 0.941. The zero-order valence-electron chi connectivity index (χ0n) is 15.9. The lowest BCUT2D eigenvalue weighted by atomic mass is 9.89. The molecule has 0 aliphatic carbocycles. The Labute approximate surface area is 164 Å². The number of nitrogens with one attached hydrogen (secondary N) is 2. The van der Waals surface area contributed by atoms with Crippen molar-refractivity contribution in [3.63, 3.8) is 0 Å². The van der Waals surface area contributed by atoms with Gasteiger partial charge in [-0.05, 0) is 24.7 Å². The van der Waals surface area contributed by atoms with Crippen LogP contribution in [0.5, 0.6) is 0 Å². The number of methoxy groups -OCH3 is 1. The second-order valence-corrected chi connectivity index (χ2v) is 7.03. The van der Waals surface area contributed by atoms with Gasteiger partial charge in [-0.1, -0.05) is 20.8 Å². The average Bonchev–Trinajstić information content (AvgIpc) is 3.01. The number of hydrogen-bond donors (Lipinski definition) is 2. The van der Waals surface area contributed by atoms with Gasteiger partial charge in [0.15, 0.2) is 5.96 Å². The maximum Gasteiger partial charge on any atom is 0.191 e. The molecule has 144 valence electrons. The number of nitrogens with zero attached hydrogens (tertiary/aromatic N) is 1. The lowest BCUT2D eigenvalue weighted by Gasteiger charge is -2.30. The molecule has 0 aromatic carbocycles. The molecule has 1 saturated heterocycles. The molecule has 0 saturated carbocycles. The summed E-state index contributed by atoms with van der Waals surface area (Å²) < 4.78 is 16.7. The highest BCUT2D eigenvalue weighted by molar-refractivity contribution is 14.0. The van der Waals surface area contributed by atoms with E-state index >= 15 is 0 Å². The third kappa shape index (κ3) is 10.0. The van der Waals surface area contributed by atoms with Crippen LogP contribution < -0.4 is 10.6 Å². The summed E-state index contributed by atoms with van der Waals surface area (Å²) in [4.78, 5) is 4.24. The molecule has 1 rings (SSSR count). The molecule has 0 aromatic heterocycles. The van der Waals surface area contributed by atoms with Crippen molar-refractivity contribution in [3.05, 3.63) is 0 Å². The number of hydrogen-bond acceptors (Lipinski definition) is 4. The Hall–Kier alpha value is -0.120. The summed E-state index contributed by atoms with van der Waals surface area (Å²) in [6.45, 7) is 10.4. The minimum atomic E-state index is 0. The second-order valence-electron chi connectivity index (χ2n) is 7.03. The van der Waals surface area contributed by atoms with Crippen LogP contribution in [0.1, 0.15) is 40.0 Å². The summed E-state index contributed by atoms with van der Waals surface area (Å²) in [5.74, 6) is 0.801. The molecule has 1 heterocycles. The molecule has 1 aliphatic rings. The Kier molecular flexibility index (Phi) is 13.1. The topological polar surface area (TPSA) is 64.1 Å². The Morgan fingerprint density at radius 2 is 2.08 bits per heavy atom. The maximum atomic E-state index is 5.65. The Morgan fingerprint density at radius 3 is 2.62 bits per heavy atom. The summed E-state index contributed by atoms with van der Waals surface area (Å²) in [6, 6.07) is 0. The normalized spacial score (nSPS) is 19.7. The molecule has 0 spiro atoms. The van der Waals surface area contributed by atoms with E-state index in [4.69, 9.17) is 14.2 Å². The van der Waals surface area contributed by atoms with Crippen LogP contribution in [0.3, 0.4) is 0 Å². The molecular formula is C17H36IN3O3. The second kappa shape index (κ2) is 13.1. The fourth-order valence-electron chi connectivity index (χ4n) is 2.52. The molecule has 0 aromatic rings. The summed E-state index contributed by atoms with van der Waals surface area (Å²) in [5, 5.41) is 6.62. The van der Waals surface area contributed by atoms with Crippen molar-refractivity contribution >= 4 is 29.9 Å². The SMILES string of the molecule is CN=C(NCCCOCC1CCCO1)NCC(OC)C(C)(C)C.I. The smallest absolute Gasteiger partial charge is 0.191 e. The number of guanidine groups is 1. The predicted octanol–water partition coefficient (Wildman–Crippen LogP) is 2.42. The Morgan fingerprint density at radius 1 is 1.33 bits per heavy atom. The van der Waals surface area contributed by atoms with Crippen LogP contribution in [-0.4, -0.2) is 65.2 Å². The minimum absolute atomic E-state index is 0. The van der Waals surface area contributed by atoms with Gasteiger partial charge in [0, 0.05) is 40.5 Å². The van der Waals surface area contributed by atoms with Crippen molar-refractivity contribution in [3.8, 4) is 0 Å². The molecule has 0 bridgehead atoms. The van der Waals surface area contributed by atoms with Gasteiger partial charge in [0.1, 0.15) is 0 Å². The van der Waals surface area contributed by atoms with Crippen LogP contribution in [0.15, 0.2) is 4.99 Å². The molecule has 2 unspecified atom stereocenters. The van der Waals surface area contributed by atoms with E-state index < -0.39 is 0 Å². The lowest BCUT2D eigenvalue weighted by Crippen LogP contribution is -2.45. The molecule has 1 fully saturated rings. The van der Waals surface area contributed by atoms with Crippen molar-refractivity contribution < 1.29 is 14.2 Å². The fourth-order valence-corrected chi connectivity index (χ4v) is 2.52. The predicted molar refractivity (Wildman–Crippen MR) is 109 cm³/mol. The highest BCUT2D eigenvalue weighted by Gasteiger charge is 2.24. The number of aliphatic imine (C=N–C) groups is 1. The standard InChI is InChI=1S/C17H35N3O3.HI/c1-17(2,3)15(21-5)12-20-16(18-4)19-9-7-10-22-13-14-8-6-11-23-14;/h14-15H,6-13H2,1-5H3,(H2,18,19,20);1H. The molecule has 2 N–H and O–H groups in total. The van der Waals surface area contributed by atoms with E-state index in [1.807, 2.05) is 0 Å². The van der Waals surface area contributed by atoms with Gasteiger partial charge >= 0.3 is 0 Å². The van der Waals surface area contributed by atoms with Crippen molar-refractivity contribution in [2.75, 3.05) is 47.1 Å². The third-order valence-electron chi connectivity index (χ3n) is 4.01. The average molecular weight is 457 g/mol. The van der Waals surface area contributed by atoms with E-state index in [-0.39, 0.29) is 35.5 Å². The molecular weight excluding hydrogens is 421 g/mol. The molecule has 1 aliphatic heterocycles. The van der Waals surface area contributed by atoms with Crippen LogP contribution in [0.4, 0.5) is 0 Å². The first-order valence-electron chi connectivity index (χ1n) is 8.64.